The zero-order valence-electron chi connectivity index (χ0n) is 24.9. The number of aliphatic hydroxyl groups is 1. The highest BCUT2D eigenvalue weighted by atomic mass is 16.6. The van der Waals surface area contributed by atoms with Crippen molar-refractivity contribution in [2.45, 2.75) is 51.0 Å². The fourth-order valence-electron chi connectivity index (χ4n) is 5.20. The van der Waals surface area contributed by atoms with E-state index < -0.39 is 35.8 Å². The minimum Gasteiger partial charge on any atom is -0.459 e. The lowest BCUT2D eigenvalue weighted by molar-refractivity contribution is -0.150. The van der Waals surface area contributed by atoms with E-state index in [-0.39, 0.29) is 30.3 Å². The minimum absolute atomic E-state index is 0.0341. The molecule has 4 aromatic carbocycles. The summed E-state index contributed by atoms with van der Waals surface area (Å²) in [6.07, 6.45) is -2.37. The van der Waals surface area contributed by atoms with E-state index in [9.17, 15) is 19.5 Å². The SMILES string of the molecule is CC(C)(C)OC(=O)c1ccc([C@@H](O)C(NC(=O)OCC2c3ccccc3-c3ccccc32)C(=O)OCc2ccccc2)cc1. The third-order valence-electron chi connectivity index (χ3n) is 7.30. The van der Waals surface area contributed by atoms with Crippen molar-refractivity contribution < 1.29 is 33.7 Å². The van der Waals surface area contributed by atoms with Crippen molar-refractivity contribution in [3.63, 3.8) is 0 Å². The normalized spacial score (nSPS) is 13.6. The van der Waals surface area contributed by atoms with E-state index in [4.69, 9.17) is 14.2 Å². The molecule has 44 heavy (non-hydrogen) atoms. The first kappa shape index (κ1) is 30.5. The summed E-state index contributed by atoms with van der Waals surface area (Å²) in [5.41, 5.74) is 4.92. The molecule has 0 aromatic heterocycles. The van der Waals surface area contributed by atoms with Gasteiger partial charge >= 0.3 is 18.0 Å². The molecule has 226 valence electrons. The number of rotatable bonds is 9. The monoisotopic (exact) mass is 593 g/mol. The van der Waals surface area contributed by atoms with Gasteiger partial charge in [0.25, 0.3) is 0 Å². The summed E-state index contributed by atoms with van der Waals surface area (Å²) in [5.74, 6) is -1.54. The van der Waals surface area contributed by atoms with Crippen LogP contribution in [0.25, 0.3) is 11.1 Å². The number of hydrogen-bond donors (Lipinski definition) is 2. The van der Waals surface area contributed by atoms with E-state index in [0.717, 1.165) is 27.8 Å². The lowest BCUT2D eigenvalue weighted by Gasteiger charge is -2.24. The maximum atomic E-state index is 13.3. The maximum absolute atomic E-state index is 13.3. The van der Waals surface area contributed by atoms with Crippen LogP contribution in [0.5, 0.6) is 0 Å². The smallest absolute Gasteiger partial charge is 0.407 e. The summed E-state index contributed by atoms with van der Waals surface area (Å²) in [7, 11) is 0. The Balaban J connectivity index is 1.31. The molecule has 1 amide bonds. The Hall–Kier alpha value is -4.95. The van der Waals surface area contributed by atoms with Crippen molar-refractivity contribution in [3.8, 4) is 11.1 Å². The number of fused-ring (bicyclic) bond motifs is 3. The molecule has 2 atom stereocenters. The number of aliphatic hydroxyl groups excluding tert-OH is 1. The topological polar surface area (TPSA) is 111 Å². The van der Waals surface area contributed by atoms with E-state index in [1.165, 1.54) is 24.3 Å². The molecule has 0 aliphatic heterocycles. The van der Waals surface area contributed by atoms with Crippen molar-refractivity contribution in [1.82, 2.24) is 5.32 Å². The van der Waals surface area contributed by atoms with E-state index in [2.05, 4.69) is 5.32 Å². The van der Waals surface area contributed by atoms with Crippen molar-refractivity contribution in [3.05, 3.63) is 131 Å². The average Bonchev–Trinajstić information content (AvgIpc) is 3.34. The third-order valence-corrected chi connectivity index (χ3v) is 7.30. The van der Waals surface area contributed by atoms with Gasteiger partial charge in [0.2, 0.25) is 0 Å². The van der Waals surface area contributed by atoms with Gasteiger partial charge in [-0.1, -0.05) is 91.0 Å². The summed E-state index contributed by atoms with van der Waals surface area (Å²) >= 11 is 0. The summed E-state index contributed by atoms with van der Waals surface area (Å²) < 4.78 is 16.5. The highest BCUT2D eigenvalue weighted by Gasteiger charge is 2.34. The molecule has 1 aliphatic carbocycles. The van der Waals surface area contributed by atoms with Crippen molar-refractivity contribution >= 4 is 18.0 Å². The van der Waals surface area contributed by atoms with Gasteiger partial charge in [-0.25, -0.2) is 14.4 Å². The zero-order chi connectivity index (χ0) is 31.3. The predicted molar refractivity (Wildman–Crippen MR) is 165 cm³/mol. The van der Waals surface area contributed by atoms with E-state index in [1.54, 1.807) is 32.9 Å². The van der Waals surface area contributed by atoms with Crippen molar-refractivity contribution in [1.29, 1.82) is 0 Å². The molecule has 0 radical (unpaired) electrons. The largest absolute Gasteiger partial charge is 0.459 e. The van der Waals surface area contributed by atoms with E-state index in [0.29, 0.717) is 0 Å². The average molecular weight is 594 g/mol. The molecule has 5 rings (SSSR count). The van der Waals surface area contributed by atoms with Gasteiger partial charge in [0.15, 0.2) is 6.04 Å². The van der Waals surface area contributed by atoms with Crippen LogP contribution in [0.4, 0.5) is 4.79 Å². The lowest BCUT2D eigenvalue weighted by atomic mass is 9.98. The number of benzene rings is 4. The van der Waals surface area contributed by atoms with Crippen LogP contribution in [0, 0.1) is 0 Å². The van der Waals surface area contributed by atoms with E-state index in [1.807, 2.05) is 66.7 Å². The van der Waals surface area contributed by atoms with Crippen LogP contribution in [0.3, 0.4) is 0 Å². The van der Waals surface area contributed by atoms with Gasteiger partial charge in [-0.2, -0.15) is 0 Å². The van der Waals surface area contributed by atoms with Crippen LogP contribution in [0.15, 0.2) is 103 Å². The first-order chi connectivity index (χ1) is 21.1. The number of nitrogens with one attached hydrogen (secondary N) is 1. The molecule has 8 heteroatoms. The number of amides is 1. The van der Waals surface area contributed by atoms with Crippen LogP contribution >= 0.6 is 0 Å². The standard InChI is InChI=1S/C36H35NO7/c1-36(2,3)44-33(39)25-19-17-24(18-20-25)32(38)31(34(40)42-21-23-11-5-4-6-12-23)37-35(41)43-22-30-28-15-9-7-13-26(28)27-14-8-10-16-29(27)30/h4-20,30-32,38H,21-22H2,1-3H3,(H,37,41)/t31?,32-/m1/s1. The maximum Gasteiger partial charge on any atom is 0.407 e. The molecular weight excluding hydrogens is 558 g/mol. The molecule has 0 heterocycles. The van der Waals surface area contributed by atoms with Crippen LogP contribution in [0.1, 0.15) is 65.4 Å². The molecule has 4 aromatic rings. The fourth-order valence-corrected chi connectivity index (χ4v) is 5.20. The Bertz CT molecular complexity index is 1580. The number of alkyl carbamates (subject to hydrolysis) is 1. The molecular formula is C36H35NO7. The van der Waals surface area contributed by atoms with Gasteiger partial charge in [-0.3, -0.25) is 0 Å². The Morgan fingerprint density at radius 1 is 0.773 bits per heavy atom. The van der Waals surface area contributed by atoms with Gasteiger partial charge < -0.3 is 24.6 Å². The molecule has 2 N–H and O–H groups in total. The van der Waals surface area contributed by atoms with Crippen molar-refractivity contribution in [2.24, 2.45) is 0 Å². The minimum atomic E-state index is -1.49. The summed E-state index contributed by atoms with van der Waals surface area (Å²) in [4.78, 5) is 38.8. The molecule has 0 saturated carbocycles. The number of carbonyl (C=O) groups excluding carboxylic acids is 3. The quantitative estimate of drug-likeness (QED) is 0.172. The summed E-state index contributed by atoms with van der Waals surface area (Å²) in [6, 6.07) is 29.5. The Labute approximate surface area is 256 Å². The first-order valence-corrected chi connectivity index (χ1v) is 14.4. The van der Waals surface area contributed by atoms with Crippen LogP contribution < -0.4 is 5.32 Å². The number of ether oxygens (including phenoxy) is 3. The number of carbonyl (C=O) groups is 3. The second-order valence-electron chi connectivity index (χ2n) is 11.6. The Morgan fingerprint density at radius 3 is 1.93 bits per heavy atom. The van der Waals surface area contributed by atoms with Gasteiger partial charge in [-0.15, -0.1) is 0 Å². The first-order valence-electron chi connectivity index (χ1n) is 14.4. The second-order valence-corrected chi connectivity index (χ2v) is 11.6. The van der Waals surface area contributed by atoms with Gasteiger partial charge in [0.1, 0.15) is 24.9 Å². The van der Waals surface area contributed by atoms with Crippen molar-refractivity contribution in [2.75, 3.05) is 6.61 Å². The molecule has 1 unspecified atom stereocenters. The molecule has 0 bridgehead atoms. The molecule has 0 saturated heterocycles. The van der Waals surface area contributed by atoms with Gasteiger partial charge in [-0.05, 0) is 66.3 Å². The predicted octanol–water partition coefficient (Wildman–Crippen LogP) is 6.33. The van der Waals surface area contributed by atoms with E-state index >= 15 is 0 Å². The molecule has 1 aliphatic rings. The number of esters is 2. The fraction of sp³-hybridized carbons (Fsp3) is 0.250. The summed E-state index contributed by atoms with van der Waals surface area (Å²) in [5, 5.41) is 13.8. The van der Waals surface area contributed by atoms with Crippen LogP contribution in [-0.4, -0.2) is 41.4 Å². The van der Waals surface area contributed by atoms with Crippen LogP contribution in [-0.2, 0) is 25.6 Å². The lowest BCUT2D eigenvalue weighted by Crippen LogP contribution is -2.46. The Kier molecular flexibility index (Phi) is 9.11. The highest BCUT2D eigenvalue weighted by molar-refractivity contribution is 5.90. The molecule has 0 fully saturated rings. The van der Waals surface area contributed by atoms with Crippen LogP contribution in [0.2, 0.25) is 0 Å². The molecule has 8 nitrogen and oxygen atoms in total. The van der Waals surface area contributed by atoms with Gasteiger partial charge in [0, 0.05) is 5.92 Å². The Morgan fingerprint density at radius 2 is 1.34 bits per heavy atom. The third kappa shape index (κ3) is 7.15. The highest BCUT2D eigenvalue weighted by Crippen LogP contribution is 2.44. The number of hydrogen-bond acceptors (Lipinski definition) is 7. The summed E-state index contributed by atoms with van der Waals surface area (Å²) in [6.45, 7) is 5.29. The zero-order valence-corrected chi connectivity index (χ0v) is 24.9. The second kappa shape index (κ2) is 13.1. The van der Waals surface area contributed by atoms with Gasteiger partial charge in [0.05, 0.1) is 5.56 Å². The molecule has 0 spiro atoms.